The highest BCUT2D eigenvalue weighted by Gasteiger charge is 2.16. The molecule has 0 radical (unpaired) electrons. The van der Waals surface area contributed by atoms with Gasteiger partial charge in [-0.1, -0.05) is 6.07 Å². The molecule has 11 heteroatoms. The minimum atomic E-state index is -0.410. The van der Waals surface area contributed by atoms with Crippen LogP contribution < -0.4 is 25.1 Å². The molecule has 0 aliphatic rings. The van der Waals surface area contributed by atoms with Crippen LogP contribution >= 0.6 is 11.3 Å². The first-order valence-electron chi connectivity index (χ1n) is 10.4. The lowest BCUT2D eigenvalue weighted by molar-refractivity contribution is -0.111. The molecule has 1 amide bonds. The predicted molar refractivity (Wildman–Crippen MR) is 134 cm³/mol. The number of methoxy groups -OCH3 is 3. The van der Waals surface area contributed by atoms with Crippen LogP contribution in [-0.2, 0) is 4.79 Å². The van der Waals surface area contributed by atoms with Crippen LogP contribution in [0.2, 0.25) is 0 Å². The van der Waals surface area contributed by atoms with E-state index in [4.69, 9.17) is 14.2 Å². The van der Waals surface area contributed by atoms with Crippen LogP contribution in [0.3, 0.4) is 0 Å². The lowest BCUT2D eigenvalue weighted by atomic mass is 10.1. The highest BCUT2D eigenvalue weighted by atomic mass is 32.1. The van der Waals surface area contributed by atoms with E-state index < -0.39 is 5.91 Å². The zero-order chi connectivity index (χ0) is 24.9. The first kappa shape index (κ1) is 23.8. The van der Waals surface area contributed by atoms with Crippen molar-refractivity contribution in [3.8, 4) is 33.8 Å². The lowest BCUT2D eigenvalue weighted by Crippen LogP contribution is -2.17. The number of nitrogens with one attached hydrogen (secondary N) is 2. The number of carbonyl (C=O) groups excluding carboxylic acids is 1. The molecular formula is C24H23N5O5S. The van der Waals surface area contributed by atoms with Crippen LogP contribution in [0, 0.1) is 6.92 Å². The van der Waals surface area contributed by atoms with Gasteiger partial charge in [0.2, 0.25) is 17.6 Å². The highest BCUT2D eigenvalue weighted by molar-refractivity contribution is 7.13. The van der Waals surface area contributed by atoms with Crippen LogP contribution in [0.1, 0.15) is 11.3 Å². The molecule has 180 valence electrons. The topological polar surface area (TPSA) is 120 Å². The van der Waals surface area contributed by atoms with Crippen molar-refractivity contribution in [2.75, 3.05) is 26.6 Å². The summed E-state index contributed by atoms with van der Waals surface area (Å²) in [6.45, 7) is 1.71. The normalized spacial score (nSPS) is 11.0. The summed E-state index contributed by atoms with van der Waals surface area (Å²) in [5, 5.41) is 9.29. The number of aromatic nitrogens is 4. The van der Waals surface area contributed by atoms with E-state index in [9.17, 15) is 9.59 Å². The molecule has 0 atom stereocenters. The molecule has 0 spiro atoms. The molecule has 3 aromatic heterocycles. The Kier molecular flexibility index (Phi) is 6.97. The molecule has 0 saturated heterocycles. The van der Waals surface area contributed by atoms with Gasteiger partial charge in [-0.3, -0.25) is 14.6 Å². The van der Waals surface area contributed by atoms with Crippen LogP contribution in [-0.4, -0.2) is 47.0 Å². The third-order valence-corrected chi connectivity index (χ3v) is 5.80. The molecule has 0 aliphatic heterocycles. The molecule has 3 heterocycles. The lowest BCUT2D eigenvalue weighted by Gasteiger charge is -2.12. The summed E-state index contributed by atoms with van der Waals surface area (Å²) in [4.78, 5) is 32.7. The molecule has 10 nitrogen and oxygen atoms in total. The second kappa shape index (κ2) is 10.3. The number of rotatable bonds is 8. The van der Waals surface area contributed by atoms with E-state index in [1.165, 1.54) is 49.5 Å². The fraction of sp³-hybridized carbons (Fsp3) is 0.167. The predicted octanol–water partition coefficient (Wildman–Crippen LogP) is 3.67. The van der Waals surface area contributed by atoms with Crippen LogP contribution in [0.4, 0.5) is 5.82 Å². The van der Waals surface area contributed by atoms with Gasteiger partial charge in [0.15, 0.2) is 11.5 Å². The van der Waals surface area contributed by atoms with E-state index >= 15 is 0 Å². The molecule has 35 heavy (non-hydrogen) atoms. The highest BCUT2D eigenvalue weighted by Crippen LogP contribution is 2.38. The maximum atomic E-state index is 12.8. The van der Waals surface area contributed by atoms with Crippen molar-refractivity contribution < 1.29 is 19.0 Å². The number of hydrogen-bond donors (Lipinski definition) is 2. The molecule has 1 aromatic carbocycles. The van der Waals surface area contributed by atoms with Gasteiger partial charge in [-0.05, 0) is 42.1 Å². The van der Waals surface area contributed by atoms with Gasteiger partial charge in [0, 0.05) is 23.9 Å². The maximum Gasteiger partial charge on any atom is 0.252 e. The van der Waals surface area contributed by atoms with Crippen molar-refractivity contribution in [2.45, 2.75) is 6.92 Å². The number of ether oxygens (including phenoxy) is 3. The molecule has 0 aliphatic carbocycles. The van der Waals surface area contributed by atoms with Crippen molar-refractivity contribution in [1.82, 2.24) is 19.7 Å². The second-order valence-electron chi connectivity index (χ2n) is 7.30. The number of H-pyrrole nitrogens is 1. The van der Waals surface area contributed by atoms with Crippen molar-refractivity contribution >= 4 is 29.1 Å². The Bertz CT molecular complexity index is 1410. The standard InChI is InChI=1S/C24H23N5O5S/c1-14-10-22(31)27-24(25-14)29-20(13-16(28-29)19-6-5-9-35-19)26-21(30)8-7-15-11-17(32-2)23(34-4)18(12-15)33-3/h5-13H,1-4H3,(H,26,30)(H,25,27,31)/b8-7-. The number of hydrogen-bond acceptors (Lipinski definition) is 8. The number of benzene rings is 1. The number of aromatic amines is 1. The summed E-state index contributed by atoms with van der Waals surface area (Å²) < 4.78 is 17.4. The minimum absolute atomic E-state index is 0.196. The number of nitrogens with zero attached hydrogens (tertiary/aromatic N) is 3. The largest absolute Gasteiger partial charge is 0.493 e. The zero-order valence-electron chi connectivity index (χ0n) is 19.5. The Balaban J connectivity index is 1.65. The van der Waals surface area contributed by atoms with Gasteiger partial charge < -0.3 is 19.5 Å². The van der Waals surface area contributed by atoms with Crippen molar-refractivity contribution in [3.63, 3.8) is 0 Å². The quantitative estimate of drug-likeness (QED) is 0.359. The Hall–Kier alpha value is -4.38. The Labute approximate surface area is 204 Å². The second-order valence-corrected chi connectivity index (χ2v) is 8.24. The van der Waals surface area contributed by atoms with Crippen molar-refractivity contribution in [2.24, 2.45) is 0 Å². The van der Waals surface area contributed by atoms with Crippen LogP contribution in [0.15, 0.2) is 52.6 Å². The third kappa shape index (κ3) is 5.25. The fourth-order valence-corrected chi connectivity index (χ4v) is 4.06. The first-order valence-corrected chi connectivity index (χ1v) is 11.3. The fourth-order valence-electron chi connectivity index (χ4n) is 3.38. The minimum Gasteiger partial charge on any atom is -0.493 e. The summed E-state index contributed by atoms with van der Waals surface area (Å²) >= 11 is 1.51. The van der Waals surface area contributed by atoms with Gasteiger partial charge in [-0.15, -0.1) is 11.3 Å². The molecule has 4 aromatic rings. The first-order chi connectivity index (χ1) is 16.9. The van der Waals surface area contributed by atoms with Crippen molar-refractivity contribution in [3.05, 3.63) is 69.5 Å². The van der Waals surface area contributed by atoms with E-state index in [0.717, 1.165) is 4.88 Å². The van der Waals surface area contributed by atoms with E-state index in [1.54, 1.807) is 31.2 Å². The van der Waals surface area contributed by atoms with Gasteiger partial charge in [0.1, 0.15) is 11.5 Å². The Morgan fingerprint density at radius 1 is 1.11 bits per heavy atom. The van der Waals surface area contributed by atoms with Crippen LogP contribution in [0.25, 0.3) is 22.6 Å². The summed E-state index contributed by atoms with van der Waals surface area (Å²) in [7, 11) is 4.56. The average Bonchev–Trinajstić information content (AvgIpc) is 3.51. The number of anilines is 1. The number of carbonyl (C=O) groups is 1. The monoisotopic (exact) mass is 493 g/mol. The smallest absolute Gasteiger partial charge is 0.252 e. The third-order valence-electron chi connectivity index (χ3n) is 4.91. The maximum absolute atomic E-state index is 12.8. The molecule has 0 bridgehead atoms. The number of thiophene rings is 1. The molecule has 0 fully saturated rings. The van der Waals surface area contributed by atoms with Crippen molar-refractivity contribution in [1.29, 1.82) is 0 Å². The number of aryl methyl sites for hydroxylation is 1. The molecular weight excluding hydrogens is 470 g/mol. The van der Waals surface area contributed by atoms with E-state index in [-0.39, 0.29) is 11.5 Å². The van der Waals surface area contributed by atoms with Gasteiger partial charge >= 0.3 is 0 Å². The van der Waals surface area contributed by atoms with Gasteiger partial charge in [-0.2, -0.15) is 9.78 Å². The van der Waals surface area contributed by atoms with Gasteiger partial charge in [0.05, 0.1) is 26.2 Å². The summed E-state index contributed by atoms with van der Waals surface area (Å²) in [5.41, 5.74) is 1.51. The number of amides is 1. The molecule has 2 N–H and O–H groups in total. The molecule has 4 rings (SSSR count). The average molecular weight is 494 g/mol. The van der Waals surface area contributed by atoms with Crippen LogP contribution in [0.5, 0.6) is 17.2 Å². The van der Waals surface area contributed by atoms with Gasteiger partial charge in [0.25, 0.3) is 5.56 Å². The van der Waals surface area contributed by atoms with E-state index in [2.05, 4.69) is 20.4 Å². The molecule has 0 unspecified atom stereocenters. The van der Waals surface area contributed by atoms with E-state index in [0.29, 0.717) is 40.0 Å². The summed E-state index contributed by atoms with van der Waals surface area (Å²) in [5.74, 6) is 1.54. The molecule has 0 saturated carbocycles. The zero-order valence-corrected chi connectivity index (χ0v) is 20.3. The Morgan fingerprint density at radius 2 is 1.86 bits per heavy atom. The summed E-state index contributed by atoms with van der Waals surface area (Å²) in [6.07, 6.45) is 2.99. The van der Waals surface area contributed by atoms with Gasteiger partial charge in [-0.25, -0.2) is 4.98 Å². The Morgan fingerprint density at radius 3 is 2.46 bits per heavy atom. The SMILES string of the molecule is COc1cc(/C=C\C(=O)Nc2cc(-c3cccs3)nn2-c2nc(C)cc(=O)[nH]2)cc(OC)c1OC. The van der Waals surface area contributed by atoms with E-state index in [1.807, 2.05) is 17.5 Å². The summed E-state index contributed by atoms with van der Waals surface area (Å²) in [6, 6.07) is 10.4.